The van der Waals surface area contributed by atoms with Crippen LogP contribution in [0, 0.1) is 0 Å². The second-order valence-electron chi connectivity index (χ2n) is 6.61. The van der Waals surface area contributed by atoms with Crippen LogP contribution in [0.5, 0.6) is 0 Å². The van der Waals surface area contributed by atoms with Crippen molar-refractivity contribution in [2.45, 2.75) is 31.0 Å². The lowest BCUT2D eigenvalue weighted by Gasteiger charge is -2.39. The van der Waals surface area contributed by atoms with Crippen LogP contribution in [-0.4, -0.2) is 81.4 Å². The zero-order valence-corrected chi connectivity index (χ0v) is 16.9. The molecule has 1 aliphatic rings. The van der Waals surface area contributed by atoms with E-state index in [1.54, 1.807) is 30.3 Å². The van der Waals surface area contributed by atoms with E-state index in [2.05, 4.69) is 10.3 Å². The second-order valence-corrected chi connectivity index (χ2v) is 8.72. The maximum absolute atomic E-state index is 12.9. The van der Waals surface area contributed by atoms with Gasteiger partial charge in [0.1, 0.15) is 6.04 Å². The Bertz CT molecular complexity index is 746. The molecular weight excluding hydrogens is 393 g/mol. The summed E-state index contributed by atoms with van der Waals surface area (Å²) in [5.41, 5.74) is 0. The Labute approximate surface area is 164 Å². The summed E-state index contributed by atoms with van der Waals surface area (Å²) >= 11 is 0. The third-order valence-corrected chi connectivity index (χ3v) is 6.40. The predicted octanol–water partition coefficient (Wildman–Crippen LogP) is 1.99. The number of guanidine groups is 1. The van der Waals surface area contributed by atoms with Crippen LogP contribution in [0.25, 0.3) is 0 Å². The largest absolute Gasteiger partial charge is 0.403 e. The second kappa shape index (κ2) is 9.60. The number of hydrogen-bond acceptors (Lipinski definition) is 4. The molecule has 0 radical (unpaired) electrons. The zero-order chi connectivity index (χ0) is 20.8. The van der Waals surface area contributed by atoms with E-state index in [9.17, 15) is 21.6 Å². The van der Waals surface area contributed by atoms with Crippen molar-refractivity contribution in [1.82, 2.24) is 15.1 Å². The van der Waals surface area contributed by atoms with E-state index in [-0.39, 0.29) is 30.3 Å². The Morgan fingerprint density at radius 3 is 2.32 bits per heavy atom. The Morgan fingerprint density at radius 1 is 1.18 bits per heavy atom. The highest BCUT2D eigenvalue weighted by Gasteiger charge is 2.41. The van der Waals surface area contributed by atoms with Gasteiger partial charge in [0, 0.05) is 32.7 Å². The molecule has 0 amide bonds. The maximum Gasteiger partial charge on any atom is 0.403 e. The normalized spacial score (nSPS) is 18.2. The van der Waals surface area contributed by atoms with Gasteiger partial charge in [-0.25, -0.2) is 8.42 Å². The van der Waals surface area contributed by atoms with Gasteiger partial charge in [0.25, 0.3) is 0 Å². The minimum absolute atomic E-state index is 0.0821. The van der Waals surface area contributed by atoms with Gasteiger partial charge in [-0.1, -0.05) is 18.2 Å². The molecule has 1 fully saturated rings. The molecular formula is C18H27F3N4O2S. The number of sulfone groups is 1. The van der Waals surface area contributed by atoms with Gasteiger partial charge in [0.15, 0.2) is 15.8 Å². The quantitative estimate of drug-likeness (QED) is 0.563. The summed E-state index contributed by atoms with van der Waals surface area (Å²) in [6, 6.07) is 6.70. The molecule has 1 unspecified atom stereocenters. The molecule has 1 N–H and O–H groups in total. The van der Waals surface area contributed by atoms with Gasteiger partial charge in [0.2, 0.25) is 0 Å². The predicted molar refractivity (Wildman–Crippen MR) is 103 cm³/mol. The van der Waals surface area contributed by atoms with Crippen molar-refractivity contribution in [1.29, 1.82) is 0 Å². The number of rotatable bonds is 6. The molecule has 1 saturated heterocycles. The molecule has 1 aromatic rings. The highest BCUT2D eigenvalue weighted by atomic mass is 32.2. The van der Waals surface area contributed by atoms with E-state index >= 15 is 0 Å². The van der Waals surface area contributed by atoms with Gasteiger partial charge in [-0.2, -0.15) is 13.2 Å². The molecule has 1 heterocycles. The monoisotopic (exact) mass is 420 g/mol. The van der Waals surface area contributed by atoms with Crippen molar-refractivity contribution in [3.8, 4) is 0 Å². The summed E-state index contributed by atoms with van der Waals surface area (Å²) in [6.45, 7) is 5.07. The Balaban J connectivity index is 1.96. The third kappa shape index (κ3) is 6.10. The molecule has 10 heteroatoms. The first-order valence-electron chi connectivity index (χ1n) is 9.27. The Hall–Kier alpha value is -1.81. The molecule has 6 nitrogen and oxygen atoms in total. The lowest BCUT2D eigenvalue weighted by Crippen LogP contribution is -2.56. The van der Waals surface area contributed by atoms with Gasteiger partial charge >= 0.3 is 6.18 Å². The molecule has 0 spiro atoms. The molecule has 0 saturated carbocycles. The van der Waals surface area contributed by atoms with Crippen LogP contribution in [0.15, 0.2) is 40.2 Å². The number of halogens is 3. The fourth-order valence-electron chi connectivity index (χ4n) is 2.97. The Kier molecular flexibility index (Phi) is 7.70. The summed E-state index contributed by atoms with van der Waals surface area (Å²) in [5.74, 6) is 0.404. The standard InChI is InChI=1S/C18H27F3N4O2S/c1-3-22-17(23-9-14-28(26,27)16-7-5-4-6-8-16)25-12-10-24(11-13-25)15(2)18(19,20)21/h4-8,15H,3,9-14H2,1-2H3,(H,22,23). The van der Waals surface area contributed by atoms with E-state index in [1.807, 2.05) is 11.8 Å². The molecule has 0 bridgehead atoms. The summed E-state index contributed by atoms with van der Waals surface area (Å²) < 4.78 is 63.3. The molecule has 1 atom stereocenters. The van der Waals surface area contributed by atoms with Crippen LogP contribution in [0.4, 0.5) is 13.2 Å². The van der Waals surface area contributed by atoms with E-state index in [0.29, 0.717) is 25.6 Å². The smallest absolute Gasteiger partial charge is 0.357 e. The van der Waals surface area contributed by atoms with Crippen molar-refractivity contribution in [3.63, 3.8) is 0 Å². The fourth-order valence-corrected chi connectivity index (χ4v) is 4.11. The van der Waals surface area contributed by atoms with E-state index in [1.165, 1.54) is 11.8 Å². The lowest BCUT2D eigenvalue weighted by molar-refractivity contribution is -0.181. The minimum atomic E-state index is -4.24. The maximum atomic E-state index is 12.9. The van der Waals surface area contributed by atoms with Crippen molar-refractivity contribution < 1.29 is 21.6 Å². The molecule has 0 aliphatic carbocycles. The minimum Gasteiger partial charge on any atom is -0.357 e. The number of nitrogens with one attached hydrogen (secondary N) is 1. The van der Waals surface area contributed by atoms with Crippen LogP contribution in [0.2, 0.25) is 0 Å². The summed E-state index contributed by atoms with van der Waals surface area (Å²) in [5, 5.41) is 3.09. The van der Waals surface area contributed by atoms with Crippen LogP contribution >= 0.6 is 0 Å². The highest BCUT2D eigenvalue weighted by molar-refractivity contribution is 7.91. The SMILES string of the molecule is CCNC(=NCCS(=O)(=O)c1ccccc1)N1CCN(C(C)C(F)(F)F)CC1. The number of hydrogen-bond donors (Lipinski definition) is 1. The molecule has 1 aliphatic heterocycles. The van der Waals surface area contributed by atoms with Crippen molar-refractivity contribution in [2.24, 2.45) is 4.99 Å². The molecule has 1 aromatic carbocycles. The van der Waals surface area contributed by atoms with Crippen molar-refractivity contribution >= 4 is 15.8 Å². The van der Waals surface area contributed by atoms with Gasteiger partial charge < -0.3 is 10.2 Å². The molecule has 2 rings (SSSR count). The average Bonchev–Trinajstić information content (AvgIpc) is 2.67. The number of alkyl halides is 3. The van der Waals surface area contributed by atoms with Crippen LogP contribution in [-0.2, 0) is 9.84 Å². The fraction of sp³-hybridized carbons (Fsp3) is 0.611. The number of nitrogens with zero attached hydrogens (tertiary/aromatic N) is 3. The summed E-state index contributed by atoms with van der Waals surface area (Å²) in [4.78, 5) is 7.91. The molecule has 0 aromatic heterocycles. The van der Waals surface area contributed by atoms with Gasteiger partial charge in [-0.3, -0.25) is 9.89 Å². The van der Waals surface area contributed by atoms with Gasteiger partial charge in [-0.05, 0) is 26.0 Å². The van der Waals surface area contributed by atoms with E-state index in [4.69, 9.17) is 0 Å². The van der Waals surface area contributed by atoms with Crippen LogP contribution in [0.1, 0.15) is 13.8 Å². The lowest BCUT2D eigenvalue weighted by atomic mass is 10.2. The average molecular weight is 421 g/mol. The molecule has 28 heavy (non-hydrogen) atoms. The number of piperazine rings is 1. The third-order valence-electron chi connectivity index (χ3n) is 4.69. The van der Waals surface area contributed by atoms with Gasteiger partial charge in [-0.15, -0.1) is 0 Å². The topological polar surface area (TPSA) is 65.0 Å². The zero-order valence-electron chi connectivity index (χ0n) is 16.1. The van der Waals surface area contributed by atoms with Crippen LogP contribution in [0.3, 0.4) is 0 Å². The van der Waals surface area contributed by atoms with Crippen LogP contribution < -0.4 is 5.32 Å². The first kappa shape index (κ1) is 22.5. The Morgan fingerprint density at radius 2 is 1.79 bits per heavy atom. The summed E-state index contributed by atoms with van der Waals surface area (Å²) in [6.07, 6.45) is -4.24. The highest BCUT2D eigenvalue weighted by Crippen LogP contribution is 2.25. The number of benzene rings is 1. The first-order valence-corrected chi connectivity index (χ1v) is 10.9. The van der Waals surface area contributed by atoms with E-state index in [0.717, 1.165) is 0 Å². The first-order chi connectivity index (χ1) is 13.1. The molecule has 158 valence electrons. The van der Waals surface area contributed by atoms with Crippen molar-refractivity contribution in [3.05, 3.63) is 30.3 Å². The van der Waals surface area contributed by atoms with Crippen molar-refractivity contribution in [2.75, 3.05) is 45.0 Å². The number of aliphatic imine (C=N–C) groups is 1. The van der Waals surface area contributed by atoms with Gasteiger partial charge in [0.05, 0.1) is 17.2 Å². The summed E-state index contributed by atoms with van der Waals surface area (Å²) in [7, 11) is -3.42. The van der Waals surface area contributed by atoms with E-state index < -0.39 is 22.1 Å².